The Morgan fingerprint density at radius 1 is 1.46 bits per heavy atom. The Kier molecular flexibility index (Phi) is 2.90. The van der Waals surface area contributed by atoms with E-state index < -0.39 is 0 Å². The lowest BCUT2D eigenvalue weighted by Gasteiger charge is -2.15. The molecular weight excluding hydrogens is 166 g/mol. The average molecular weight is 179 g/mol. The maximum atomic E-state index is 10.9. The fourth-order valence-corrected chi connectivity index (χ4v) is 1.01. The van der Waals surface area contributed by atoms with Crippen molar-refractivity contribution in [2.75, 3.05) is 7.05 Å². The lowest BCUT2D eigenvalue weighted by Crippen LogP contribution is -2.22. The van der Waals surface area contributed by atoms with E-state index in [1.807, 2.05) is 6.07 Å². The molecule has 0 saturated carbocycles. The summed E-state index contributed by atoms with van der Waals surface area (Å²) in [5.41, 5.74) is 0.764. The van der Waals surface area contributed by atoms with Crippen LogP contribution in [-0.4, -0.2) is 23.0 Å². The number of amides is 1. The van der Waals surface area contributed by atoms with Crippen LogP contribution in [0, 0.1) is 0 Å². The van der Waals surface area contributed by atoms with E-state index in [-0.39, 0.29) is 11.7 Å². The van der Waals surface area contributed by atoms with Crippen molar-refractivity contribution in [3.05, 3.63) is 29.8 Å². The van der Waals surface area contributed by atoms with Gasteiger partial charge in [-0.05, 0) is 6.07 Å². The number of hydrogen-bond donors (Lipinski definition) is 1. The number of nitrogens with zero attached hydrogens (tertiary/aromatic N) is 1. The van der Waals surface area contributed by atoms with Gasteiger partial charge in [-0.2, -0.15) is 0 Å². The fraction of sp³-hybridized carbons (Fsp3) is 0.300. The monoisotopic (exact) mass is 179 g/mol. The highest BCUT2D eigenvalue weighted by molar-refractivity contribution is 5.72. The molecule has 0 aliphatic heterocycles. The van der Waals surface area contributed by atoms with Gasteiger partial charge in [0.05, 0.1) is 0 Å². The third-order valence-corrected chi connectivity index (χ3v) is 1.94. The van der Waals surface area contributed by atoms with Crippen LogP contribution in [0.15, 0.2) is 24.3 Å². The second kappa shape index (κ2) is 3.94. The van der Waals surface area contributed by atoms with Gasteiger partial charge in [0.25, 0.3) is 0 Å². The maximum absolute atomic E-state index is 10.9. The zero-order chi connectivity index (χ0) is 9.84. The molecule has 0 radical (unpaired) electrons. The molecule has 0 spiro atoms. The van der Waals surface area contributed by atoms with Gasteiger partial charge in [0.15, 0.2) is 0 Å². The van der Waals surface area contributed by atoms with Gasteiger partial charge in [-0.1, -0.05) is 18.2 Å². The Morgan fingerprint density at radius 3 is 2.62 bits per heavy atom. The van der Waals surface area contributed by atoms with Crippen LogP contribution in [0.4, 0.5) is 0 Å². The molecule has 0 heterocycles. The quantitative estimate of drug-likeness (QED) is 0.744. The van der Waals surface area contributed by atoms with Crippen LogP contribution in [0.5, 0.6) is 5.75 Å². The van der Waals surface area contributed by atoms with E-state index in [1.165, 1.54) is 6.92 Å². The summed E-state index contributed by atoms with van der Waals surface area (Å²) < 4.78 is 0. The third kappa shape index (κ3) is 2.47. The molecule has 3 nitrogen and oxygen atoms in total. The van der Waals surface area contributed by atoms with Gasteiger partial charge in [0.2, 0.25) is 5.91 Å². The number of para-hydroxylation sites is 1. The average Bonchev–Trinajstić information content (AvgIpc) is 2.08. The molecule has 0 saturated heterocycles. The molecule has 0 fully saturated rings. The van der Waals surface area contributed by atoms with Crippen LogP contribution < -0.4 is 0 Å². The molecular formula is C10H13NO2. The fourth-order valence-electron chi connectivity index (χ4n) is 1.01. The zero-order valence-corrected chi connectivity index (χ0v) is 7.82. The summed E-state index contributed by atoms with van der Waals surface area (Å²) in [6.45, 7) is 1.95. The third-order valence-electron chi connectivity index (χ3n) is 1.94. The number of carbonyl (C=O) groups is 1. The summed E-state index contributed by atoms with van der Waals surface area (Å²) in [4.78, 5) is 12.5. The number of rotatable bonds is 2. The van der Waals surface area contributed by atoms with Crippen LogP contribution in [-0.2, 0) is 11.3 Å². The van der Waals surface area contributed by atoms with E-state index in [1.54, 1.807) is 30.1 Å². The largest absolute Gasteiger partial charge is 0.508 e. The molecule has 1 amide bonds. The summed E-state index contributed by atoms with van der Waals surface area (Å²) in [5.74, 6) is 0.221. The molecule has 0 aliphatic rings. The highest BCUT2D eigenvalue weighted by Gasteiger charge is 2.05. The highest BCUT2D eigenvalue weighted by Crippen LogP contribution is 2.16. The van der Waals surface area contributed by atoms with Crippen LogP contribution >= 0.6 is 0 Å². The van der Waals surface area contributed by atoms with Crippen LogP contribution in [0.25, 0.3) is 0 Å². The maximum Gasteiger partial charge on any atom is 0.219 e. The van der Waals surface area contributed by atoms with Crippen molar-refractivity contribution >= 4 is 5.91 Å². The Morgan fingerprint density at radius 2 is 2.08 bits per heavy atom. The van der Waals surface area contributed by atoms with Crippen molar-refractivity contribution in [3.63, 3.8) is 0 Å². The Labute approximate surface area is 77.6 Å². The molecule has 1 N–H and O–H groups in total. The highest BCUT2D eigenvalue weighted by atomic mass is 16.3. The first kappa shape index (κ1) is 9.58. The van der Waals surface area contributed by atoms with Crippen molar-refractivity contribution in [3.8, 4) is 5.75 Å². The molecule has 1 aromatic carbocycles. The van der Waals surface area contributed by atoms with Crippen LogP contribution in [0.1, 0.15) is 12.5 Å². The molecule has 1 rings (SSSR count). The first-order valence-electron chi connectivity index (χ1n) is 4.10. The number of hydrogen-bond acceptors (Lipinski definition) is 2. The molecule has 0 aromatic heterocycles. The van der Waals surface area contributed by atoms with Crippen molar-refractivity contribution in [1.29, 1.82) is 0 Å². The molecule has 70 valence electrons. The molecule has 0 unspecified atom stereocenters. The molecule has 0 bridgehead atoms. The van der Waals surface area contributed by atoms with E-state index in [0.29, 0.717) is 6.54 Å². The van der Waals surface area contributed by atoms with Gasteiger partial charge in [0, 0.05) is 26.1 Å². The van der Waals surface area contributed by atoms with Crippen molar-refractivity contribution in [2.24, 2.45) is 0 Å². The molecule has 0 atom stereocenters. The number of phenols is 1. The number of phenolic OH excluding ortho intramolecular Hbond substituents is 1. The predicted molar refractivity (Wildman–Crippen MR) is 50.3 cm³/mol. The molecule has 0 aliphatic carbocycles. The standard InChI is InChI=1S/C10H13NO2/c1-8(12)11(2)7-9-5-3-4-6-10(9)13/h3-6,13H,7H2,1-2H3. The normalized spacial score (nSPS) is 9.69. The van der Waals surface area contributed by atoms with Crippen LogP contribution in [0.2, 0.25) is 0 Å². The molecule has 3 heteroatoms. The zero-order valence-electron chi connectivity index (χ0n) is 7.82. The first-order chi connectivity index (χ1) is 6.11. The van der Waals surface area contributed by atoms with E-state index in [4.69, 9.17) is 0 Å². The summed E-state index contributed by atoms with van der Waals surface area (Å²) >= 11 is 0. The summed E-state index contributed by atoms with van der Waals surface area (Å²) in [5, 5.41) is 9.40. The molecule has 1 aromatic rings. The summed E-state index contributed by atoms with van der Waals surface area (Å²) in [6.07, 6.45) is 0. The van der Waals surface area contributed by atoms with E-state index in [9.17, 15) is 9.90 Å². The minimum absolute atomic E-state index is 0.0109. The van der Waals surface area contributed by atoms with Gasteiger partial charge in [0.1, 0.15) is 5.75 Å². The van der Waals surface area contributed by atoms with Crippen molar-refractivity contribution in [2.45, 2.75) is 13.5 Å². The van der Waals surface area contributed by atoms with Gasteiger partial charge in [-0.15, -0.1) is 0 Å². The predicted octanol–water partition coefficient (Wildman–Crippen LogP) is 1.37. The lowest BCUT2D eigenvalue weighted by atomic mass is 10.2. The van der Waals surface area contributed by atoms with Crippen molar-refractivity contribution in [1.82, 2.24) is 4.90 Å². The number of carbonyl (C=O) groups excluding carboxylic acids is 1. The summed E-state index contributed by atoms with van der Waals surface area (Å²) in [7, 11) is 1.70. The Hall–Kier alpha value is -1.51. The van der Waals surface area contributed by atoms with Crippen molar-refractivity contribution < 1.29 is 9.90 Å². The molecule has 13 heavy (non-hydrogen) atoms. The van der Waals surface area contributed by atoms with E-state index in [2.05, 4.69) is 0 Å². The minimum Gasteiger partial charge on any atom is -0.508 e. The first-order valence-corrected chi connectivity index (χ1v) is 4.10. The SMILES string of the molecule is CC(=O)N(C)Cc1ccccc1O. The Bertz CT molecular complexity index is 310. The lowest BCUT2D eigenvalue weighted by molar-refractivity contribution is -0.128. The number of benzene rings is 1. The van der Waals surface area contributed by atoms with Gasteiger partial charge < -0.3 is 10.0 Å². The number of aromatic hydroxyl groups is 1. The van der Waals surface area contributed by atoms with Gasteiger partial charge in [-0.25, -0.2) is 0 Å². The van der Waals surface area contributed by atoms with E-state index in [0.717, 1.165) is 5.56 Å². The van der Waals surface area contributed by atoms with Gasteiger partial charge >= 0.3 is 0 Å². The second-order valence-corrected chi connectivity index (χ2v) is 3.00. The van der Waals surface area contributed by atoms with Crippen LogP contribution in [0.3, 0.4) is 0 Å². The Balaban J connectivity index is 2.74. The smallest absolute Gasteiger partial charge is 0.219 e. The topological polar surface area (TPSA) is 40.5 Å². The van der Waals surface area contributed by atoms with Gasteiger partial charge in [-0.3, -0.25) is 4.79 Å². The second-order valence-electron chi connectivity index (χ2n) is 3.00. The minimum atomic E-state index is -0.0109. The van der Waals surface area contributed by atoms with E-state index >= 15 is 0 Å². The summed E-state index contributed by atoms with van der Waals surface area (Å²) in [6, 6.07) is 7.01.